The maximum Gasteiger partial charge on any atom is 0.323 e. The van der Waals surface area contributed by atoms with E-state index < -0.39 is 5.97 Å². The summed E-state index contributed by atoms with van der Waals surface area (Å²) in [4.78, 5) is 16.0. The summed E-state index contributed by atoms with van der Waals surface area (Å²) >= 11 is 0. The average molecular weight is 302 g/mol. The van der Waals surface area contributed by atoms with Crippen LogP contribution in [0.1, 0.15) is 43.8 Å². The zero-order chi connectivity index (χ0) is 15.1. The first-order chi connectivity index (χ1) is 10.7. The minimum atomic E-state index is -0.853. The average Bonchev–Trinajstić information content (AvgIpc) is 3.10. The Balaban J connectivity index is 1.85. The summed E-state index contributed by atoms with van der Waals surface area (Å²) in [5.41, 5.74) is 1.60. The Hall–Kier alpha value is -2.24. The van der Waals surface area contributed by atoms with Gasteiger partial charge >= 0.3 is 5.97 Å². The topological polar surface area (TPSA) is 73.6 Å². The number of benzene rings is 1. The van der Waals surface area contributed by atoms with E-state index in [1.165, 1.54) is 19.3 Å². The number of hydrogen-bond acceptors (Lipinski definition) is 4. The summed E-state index contributed by atoms with van der Waals surface area (Å²) in [5.74, 6) is 1.73. The molecule has 4 rings (SSSR count). The molecule has 0 bridgehead atoms. The SMILES string of the molecule is O=C(O)Cn1c(C2CCCCC2)nc2cc3c(cc21)OCO3. The van der Waals surface area contributed by atoms with Crippen LogP contribution in [-0.4, -0.2) is 27.4 Å². The molecule has 1 fully saturated rings. The fourth-order valence-electron chi connectivity index (χ4n) is 3.51. The van der Waals surface area contributed by atoms with Gasteiger partial charge in [-0.05, 0) is 12.8 Å². The van der Waals surface area contributed by atoms with Crippen molar-refractivity contribution in [3.05, 3.63) is 18.0 Å². The molecule has 2 aliphatic rings. The summed E-state index contributed by atoms with van der Waals surface area (Å²) in [6.07, 6.45) is 5.78. The monoisotopic (exact) mass is 302 g/mol. The molecule has 0 amide bonds. The summed E-state index contributed by atoms with van der Waals surface area (Å²) in [7, 11) is 0. The molecule has 1 aromatic heterocycles. The fourth-order valence-corrected chi connectivity index (χ4v) is 3.51. The van der Waals surface area contributed by atoms with Crippen molar-refractivity contribution in [1.29, 1.82) is 0 Å². The van der Waals surface area contributed by atoms with Crippen molar-refractivity contribution in [3.63, 3.8) is 0 Å². The molecule has 0 saturated heterocycles. The van der Waals surface area contributed by atoms with Crippen molar-refractivity contribution in [2.24, 2.45) is 0 Å². The molecular formula is C16H18N2O4. The van der Waals surface area contributed by atoms with Gasteiger partial charge in [-0.15, -0.1) is 0 Å². The lowest BCUT2D eigenvalue weighted by molar-refractivity contribution is -0.137. The zero-order valence-electron chi connectivity index (χ0n) is 12.2. The first-order valence-corrected chi connectivity index (χ1v) is 7.74. The molecule has 0 radical (unpaired) electrons. The Kier molecular flexibility index (Phi) is 3.17. The van der Waals surface area contributed by atoms with Gasteiger partial charge in [-0.25, -0.2) is 4.98 Å². The van der Waals surface area contributed by atoms with Crippen LogP contribution in [0, 0.1) is 0 Å². The number of carbonyl (C=O) groups is 1. The van der Waals surface area contributed by atoms with Crippen LogP contribution >= 0.6 is 0 Å². The Labute approximate surface area is 127 Å². The lowest BCUT2D eigenvalue weighted by atomic mass is 9.88. The van der Waals surface area contributed by atoms with Gasteiger partial charge in [0.1, 0.15) is 12.4 Å². The van der Waals surface area contributed by atoms with Gasteiger partial charge in [0, 0.05) is 18.1 Å². The van der Waals surface area contributed by atoms with Crippen molar-refractivity contribution < 1.29 is 19.4 Å². The molecule has 1 aromatic carbocycles. The van der Waals surface area contributed by atoms with Crippen LogP contribution in [-0.2, 0) is 11.3 Å². The molecule has 1 aliphatic heterocycles. The Morgan fingerprint density at radius 1 is 1.23 bits per heavy atom. The molecule has 0 spiro atoms. The van der Waals surface area contributed by atoms with Crippen LogP contribution in [0.5, 0.6) is 11.5 Å². The molecular weight excluding hydrogens is 284 g/mol. The molecule has 1 aliphatic carbocycles. The van der Waals surface area contributed by atoms with E-state index in [1.54, 1.807) is 0 Å². The highest BCUT2D eigenvalue weighted by Gasteiger charge is 2.25. The van der Waals surface area contributed by atoms with E-state index in [2.05, 4.69) is 0 Å². The normalized spacial score (nSPS) is 18.0. The summed E-state index contributed by atoms with van der Waals surface area (Å²) in [6, 6.07) is 3.70. The predicted octanol–water partition coefficient (Wildman–Crippen LogP) is 2.90. The van der Waals surface area contributed by atoms with E-state index in [-0.39, 0.29) is 13.3 Å². The zero-order valence-corrected chi connectivity index (χ0v) is 12.2. The third kappa shape index (κ3) is 2.19. The maximum absolute atomic E-state index is 11.3. The van der Waals surface area contributed by atoms with E-state index >= 15 is 0 Å². The quantitative estimate of drug-likeness (QED) is 0.943. The smallest absolute Gasteiger partial charge is 0.323 e. The van der Waals surface area contributed by atoms with Crippen LogP contribution in [0.3, 0.4) is 0 Å². The van der Waals surface area contributed by atoms with Crippen LogP contribution in [0.4, 0.5) is 0 Å². The van der Waals surface area contributed by atoms with E-state index in [9.17, 15) is 9.90 Å². The van der Waals surface area contributed by atoms with Crippen molar-refractivity contribution in [2.45, 2.75) is 44.6 Å². The third-order valence-corrected chi connectivity index (χ3v) is 4.54. The van der Waals surface area contributed by atoms with Crippen molar-refractivity contribution in [1.82, 2.24) is 9.55 Å². The van der Waals surface area contributed by atoms with Crippen LogP contribution in [0.15, 0.2) is 12.1 Å². The molecule has 22 heavy (non-hydrogen) atoms. The lowest BCUT2D eigenvalue weighted by Crippen LogP contribution is -2.16. The summed E-state index contributed by atoms with van der Waals surface area (Å²) in [6.45, 7) is 0.137. The van der Waals surface area contributed by atoms with Crippen LogP contribution in [0.25, 0.3) is 11.0 Å². The Morgan fingerprint density at radius 3 is 2.68 bits per heavy atom. The molecule has 116 valence electrons. The van der Waals surface area contributed by atoms with Crippen LogP contribution in [0.2, 0.25) is 0 Å². The fraction of sp³-hybridized carbons (Fsp3) is 0.500. The largest absolute Gasteiger partial charge is 0.480 e. The number of carboxylic acid groups (broad SMARTS) is 1. The number of nitrogens with zero attached hydrogens (tertiary/aromatic N) is 2. The highest BCUT2D eigenvalue weighted by Crippen LogP contribution is 2.39. The highest BCUT2D eigenvalue weighted by atomic mass is 16.7. The van der Waals surface area contributed by atoms with E-state index in [0.29, 0.717) is 17.4 Å². The number of hydrogen-bond donors (Lipinski definition) is 1. The van der Waals surface area contributed by atoms with Gasteiger partial charge in [0.05, 0.1) is 11.0 Å². The predicted molar refractivity (Wildman–Crippen MR) is 79.3 cm³/mol. The lowest BCUT2D eigenvalue weighted by Gasteiger charge is -2.21. The Bertz CT molecular complexity index is 731. The molecule has 1 N–H and O–H groups in total. The molecule has 2 aromatic rings. The first kappa shape index (κ1) is 13.4. The summed E-state index contributed by atoms with van der Waals surface area (Å²) < 4.78 is 12.6. The van der Waals surface area contributed by atoms with Gasteiger partial charge in [-0.2, -0.15) is 0 Å². The van der Waals surface area contributed by atoms with Gasteiger partial charge < -0.3 is 19.1 Å². The minimum Gasteiger partial charge on any atom is -0.480 e. The number of ether oxygens (including phenoxy) is 2. The molecule has 6 nitrogen and oxygen atoms in total. The summed E-state index contributed by atoms with van der Waals surface area (Å²) in [5, 5.41) is 9.26. The molecule has 0 atom stereocenters. The van der Waals surface area contributed by atoms with Gasteiger partial charge in [0.15, 0.2) is 11.5 Å². The van der Waals surface area contributed by atoms with E-state index in [0.717, 1.165) is 29.7 Å². The second kappa shape index (κ2) is 5.19. The number of aliphatic carboxylic acids is 1. The molecule has 1 saturated carbocycles. The van der Waals surface area contributed by atoms with Crippen molar-refractivity contribution >= 4 is 17.0 Å². The Morgan fingerprint density at radius 2 is 1.95 bits per heavy atom. The second-order valence-corrected chi connectivity index (χ2v) is 5.98. The minimum absolute atomic E-state index is 0.0675. The van der Waals surface area contributed by atoms with Gasteiger partial charge in [-0.1, -0.05) is 19.3 Å². The third-order valence-electron chi connectivity index (χ3n) is 4.54. The van der Waals surface area contributed by atoms with Crippen molar-refractivity contribution in [2.75, 3.05) is 6.79 Å². The van der Waals surface area contributed by atoms with Gasteiger partial charge in [0.25, 0.3) is 0 Å². The molecule has 0 unspecified atom stereocenters. The number of carboxylic acids is 1. The molecule has 6 heteroatoms. The highest BCUT2D eigenvalue weighted by molar-refractivity contribution is 5.82. The number of imidazole rings is 1. The number of aromatic nitrogens is 2. The molecule has 2 heterocycles. The number of fused-ring (bicyclic) bond motifs is 2. The standard InChI is InChI=1S/C16H18N2O4/c19-15(20)8-18-12-7-14-13(21-9-22-14)6-11(12)17-16(18)10-4-2-1-3-5-10/h6-7,10H,1-5,8-9H2,(H,19,20). The number of rotatable bonds is 3. The first-order valence-electron chi connectivity index (χ1n) is 7.74. The van der Waals surface area contributed by atoms with E-state index in [4.69, 9.17) is 14.5 Å². The maximum atomic E-state index is 11.3. The van der Waals surface area contributed by atoms with Gasteiger partial charge in [0.2, 0.25) is 6.79 Å². The van der Waals surface area contributed by atoms with Crippen molar-refractivity contribution in [3.8, 4) is 11.5 Å². The van der Waals surface area contributed by atoms with Gasteiger partial charge in [-0.3, -0.25) is 4.79 Å². The van der Waals surface area contributed by atoms with E-state index in [1.807, 2.05) is 16.7 Å². The second-order valence-electron chi connectivity index (χ2n) is 5.98. The van der Waals surface area contributed by atoms with Crippen LogP contribution < -0.4 is 9.47 Å².